The van der Waals surface area contributed by atoms with E-state index in [1.807, 2.05) is 31.2 Å². The van der Waals surface area contributed by atoms with Crippen molar-refractivity contribution >= 4 is 17.7 Å². The molecule has 136 valence electrons. The van der Waals surface area contributed by atoms with E-state index >= 15 is 0 Å². The Labute approximate surface area is 151 Å². The molecule has 0 unspecified atom stereocenters. The van der Waals surface area contributed by atoms with Gasteiger partial charge in [-0.3, -0.25) is 9.36 Å². The lowest BCUT2D eigenvalue weighted by Crippen LogP contribution is -2.31. The summed E-state index contributed by atoms with van der Waals surface area (Å²) in [6, 6.07) is 8.02. The van der Waals surface area contributed by atoms with Crippen molar-refractivity contribution in [1.29, 1.82) is 0 Å². The molecule has 2 aromatic rings. The number of methoxy groups -OCH3 is 1. The van der Waals surface area contributed by atoms with Crippen molar-refractivity contribution in [1.82, 2.24) is 20.1 Å². The van der Waals surface area contributed by atoms with Crippen LogP contribution in [0.2, 0.25) is 0 Å². The minimum atomic E-state index is -0.359. The Kier molecular flexibility index (Phi) is 7.27. The van der Waals surface area contributed by atoms with Crippen molar-refractivity contribution in [3.8, 4) is 0 Å². The second-order valence-electron chi connectivity index (χ2n) is 5.77. The van der Waals surface area contributed by atoms with E-state index in [9.17, 15) is 9.59 Å². The average molecular weight is 364 g/mol. The Morgan fingerprint density at radius 1 is 1.40 bits per heavy atom. The molecule has 25 heavy (non-hydrogen) atoms. The quantitative estimate of drug-likeness (QED) is 0.522. The molecular formula is C17H24N4O3S. The molecule has 0 bridgehead atoms. The highest BCUT2D eigenvalue weighted by atomic mass is 32.2. The number of benzene rings is 1. The fourth-order valence-corrected chi connectivity index (χ4v) is 3.11. The van der Waals surface area contributed by atoms with Gasteiger partial charge in [0, 0.05) is 26.8 Å². The summed E-state index contributed by atoms with van der Waals surface area (Å²) in [5, 5.41) is 9.51. The SMILES string of the molecule is COCCCn1c(S[C@H](C)C(=O)NCc2ccc(C)cc2)n[nH]c1=O. The molecule has 2 rings (SSSR count). The van der Waals surface area contributed by atoms with E-state index in [-0.39, 0.29) is 16.8 Å². The smallest absolute Gasteiger partial charge is 0.343 e. The van der Waals surface area contributed by atoms with Crippen LogP contribution >= 0.6 is 11.8 Å². The monoisotopic (exact) mass is 364 g/mol. The van der Waals surface area contributed by atoms with E-state index in [1.54, 1.807) is 14.0 Å². The summed E-state index contributed by atoms with van der Waals surface area (Å²) in [4.78, 5) is 24.1. The first-order chi connectivity index (χ1) is 12.0. The van der Waals surface area contributed by atoms with Crippen molar-refractivity contribution in [2.24, 2.45) is 0 Å². The predicted octanol–water partition coefficient (Wildman–Crippen LogP) is 1.71. The first-order valence-corrected chi connectivity index (χ1v) is 9.03. The Bertz CT molecular complexity index is 739. The van der Waals surface area contributed by atoms with Gasteiger partial charge in [0.1, 0.15) is 0 Å². The second-order valence-corrected chi connectivity index (χ2v) is 7.08. The van der Waals surface area contributed by atoms with E-state index < -0.39 is 0 Å². The standard InChI is InChI=1S/C17H24N4O3S/c1-12-5-7-14(8-6-12)11-18-15(22)13(2)25-17-20-19-16(23)21(17)9-4-10-24-3/h5-8,13H,4,9-11H2,1-3H3,(H,18,22)(H,19,23)/t13-/m1/s1. The zero-order chi connectivity index (χ0) is 18.2. The first kappa shape index (κ1) is 19.3. The van der Waals surface area contributed by atoms with Gasteiger partial charge in [0.15, 0.2) is 5.16 Å². The number of amides is 1. The lowest BCUT2D eigenvalue weighted by molar-refractivity contribution is -0.120. The number of aromatic nitrogens is 3. The van der Waals surface area contributed by atoms with E-state index in [1.165, 1.54) is 21.9 Å². The third-order valence-corrected chi connectivity index (χ3v) is 4.78. The number of nitrogens with one attached hydrogen (secondary N) is 2. The highest BCUT2D eigenvalue weighted by molar-refractivity contribution is 8.00. The Balaban J connectivity index is 1.90. The highest BCUT2D eigenvalue weighted by Crippen LogP contribution is 2.20. The van der Waals surface area contributed by atoms with Crippen molar-refractivity contribution in [2.45, 2.75) is 43.8 Å². The largest absolute Gasteiger partial charge is 0.385 e. The molecule has 8 heteroatoms. The normalized spacial score (nSPS) is 12.1. The van der Waals surface area contributed by atoms with Crippen LogP contribution in [0.5, 0.6) is 0 Å². The van der Waals surface area contributed by atoms with Gasteiger partial charge in [-0.05, 0) is 25.8 Å². The first-order valence-electron chi connectivity index (χ1n) is 8.15. The summed E-state index contributed by atoms with van der Waals surface area (Å²) in [5.74, 6) is -0.0931. The molecule has 0 radical (unpaired) electrons. The maximum atomic E-state index is 12.3. The van der Waals surface area contributed by atoms with Gasteiger partial charge in [0.05, 0.1) is 5.25 Å². The van der Waals surface area contributed by atoms with Crippen molar-refractivity contribution in [3.05, 3.63) is 45.9 Å². The lowest BCUT2D eigenvalue weighted by atomic mass is 10.1. The third kappa shape index (κ3) is 5.75. The lowest BCUT2D eigenvalue weighted by Gasteiger charge is -2.12. The Hall–Kier alpha value is -2.06. The number of aromatic amines is 1. The molecule has 0 saturated heterocycles. The molecule has 0 aliphatic carbocycles. The number of hydrogen-bond acceptors (Lipinski definition) is 5. The molecule has 1 aromatic carbocycles. The number of nitrogens with zero attached hydrogens (tertiary/aromatic N) is 2. The Morgan fingerprint density at radius 2 is 2.12 bits per heavy atom. The second kappa shape index (κ2) is 9.43. The molecule has 1 heterocycles. The number of aryl methyl sites for hydroxylation is 1. The van der Waals surface area contributed by atoms with Crippen LogP contribution < -0.4 is 11.0 Å². The maximum absolute atomic E-state index is 12.3. The zero-order valence-electron chi connectivity index (χ0n) is 14.7. The van der Waals surface area contributed by atoms with Crippen LogP contribution in [0.3, 0.4) is 0 Å². The van der Waals surface area contributed by atoms with Crippen LogP contribution in [0.15, 0.2) is 34.2 Å². The van der Waals surface area contributed by atoms with Crippen molar-refractivity contribution in [3.63, 3.8) is 0 Å². The number of carbonyl (C=O) groups is 1. The molecule has 1 amide bonds. The van der Waals surface area contributed by atoms with E-state index in [2.05, 4.69) is 15.5 Å². The van der Waals surface area contributed by atoms with Crippen LogP contribution in [-0.2, 0) is 22.6 Å². The van der Waals surface area contributed by atoms with E-state index in [0.29, 0.717) is 31.3 Å². The molecular weight excluding hydrogens is 340 g/mol. The molecule has 0 fully saturated rings. The summed E-state index contributed by atoms with van der Waals surface area (Å²) in [5.41, 5.74) is 1.96. The summed E-state index contributed by atoms with van der Waals surface area (Å²) in [6.45, 7) is 5.37. The van der Waals surface area contributed by atoms with Crippen molar-refractivity contribution in [2.75, 3.05) is 13.7 Å². The maximum Gasteiger partial charge on any atom is 0.343 e. The molecule has 7 nitrogen and oxygen atoms in total. The van der Waals surface area contributed by atoms with Crippen LogP contribution in [0.1, 0.15) is 24.5 Å². The van der Waals surface area contributed by atoms with E-state index in [0.717, 1.165) is 5.56 Å². The van der Waals surface area contributed by atoms with Crippen LogP contribution in [0, 0.1) is 6.92 Å². The minimum absolute atomic E-state index is 0.0931. The minimum Gasteiger partial charge on any atom is -0.385 e. The van der Waals surface area contributed by atoms with Gasteiger partial charge in [0.25, 0.3) is 0 Å². The summed E-state index contributed by atoms with van der Waals surface area (Å²) >= 11 is 1.26. The van der Waals surface area contributed by atoms with Crippen LogP contribution in [-0.4, -0.2) is 39.6 Å². The van der Waals surface area contributed by atoms with Gasteiger partial charge in [-0.25, -0.2) is 9.89 Å². The van der Waals surface area contributed by atoms with Crippen LogP contribution in [0.4, 0.5) is 0 Å². The van der Waals surface area contributed by atoms with E-state index in [4.69, 9.17) is 4.74 Å². The van der Waals surface area contributed by atoms with Gasteiger partial charge in [0.2, 0.25) is 5.91 Å². The van der Waals surface area contributed by atoms with Gasteiger partial charge < -0.3 is 10.1 Å². The number of carbonyl (C=O) groups excluding carboxylic acids is 1. The predicted molar refractivity (Wildman–Crippen MR) is 97.7 cm³/mol. The third-order valence-electron chi connectivity index (χ3n) is 3.69. The number of rotatable bonds is 9. The molecule has 2 N–H and O–H groups in total. The number of hydrogen-bond donors (Lipinski definition) is 2. The number of ether oxygens (including phenoxy) is 1. The fraction of sp³-hybridized carbons (Fsp3) is 0.471. The molecule has 1 atom stereocenters. The average Bonchev–Trinajstić information content (AvgIpc) is 2.94. The molecule has 1 aromatic heterocycles. The molecule has 0 aliphatic rings. The molecule has 0 aliphatic heterocycles. The Morgan fingerprint density at radius 3 is 2.80 bits per heavy atom. The summed E-state index contributed by atoms with van der Waals surface area (Å²) < 4.78 is 6.54. The van der Waals surface area contributed by atoms with Gasteiger partial charge in [-0.1, -0.05) is 41.6 Å². The molecule has 0 saturated carbocycles. The van der Waals surface area contributed by atoms with Gasteiger partial charge in [-0.2, -0.15) is 0 Å². The van der Waals surface area contributed by atoms with Gasteiger partial charge in [-0.15, -0.1) is 5.10 Å². The van der Waals surface area contributed by atoms with Crippen LogP contribution in [0.25, 0.3) is 0 Å². The summed E-state index contributed by atoms with van der Waals surface area (Å²) in [7, 11) is 1.62. The summed E-state index contributed by atoms with van der Waals surface area (Å²) in [6.07, 6.45) is 0.706. The van der Waals surface area contributed by atoms with Gasteiger partial charge >= 0.3 is 5.69 Å². The number of H-pyrrole nitrogens is 1. The number of thioether (sulfide) groups is 1. The highest BCUT2D eigenvalue weighted by Gasteiger charge is 2.18. The zero-order valence-corrected chi connectivity index (χ0v) is 15.6. The van der Waals surface area contributed by atoms with Crippen molar-refractivity contribution < 1.29 is 9.53 Å². The topological polar surface area (TPSA) is 89.0 Å². The fourth-order valence-electron chi connectivity index (χ4n) is 2.21. The molecule has 0 spiro atoms.